The van der Waals surface area contributed by atoms with Gasteiger partial charge in [-0.1, -0.05) is 12.1 Å². The Balaban J connectivity index is 1.53. The van der Waals surface area contributed by atoms with Crippen molar-refractivity contribution in [3.05, 3.63) is 42.0 Å². The first-order chi connectivity index (χ1) is 9.34. The van der Waals surface area contributed by atoms with Crippen LogP contribution >= 0.6 is 0 Å². The highest BCUT2D eigenvalue weighted by atomic mass is 16.7. The number of para-hydroxylation sites is 1. The lowest BCUT2D eigenvalue weighted by Gasteiger charge is -2.07. The number of aromatic nitrogens is 2. The van der Waals surface area contributed by atoms with Gasteiger partial charge in [0.15, 0.2) is 11.5 Å². The molecular formula is C14H17N3O2. The lowest BCUT2D eigenvalue weighted by Crippen LogP contribution is -2.18. The monoisotopic (exact) mass is 259 g/mol. The molecule has 0 saturated heterocycles. The summed E-state index contributed by atoms with van der Waals surface area (Å²) in [5, 5.41) is 3.41. The average molecular weight is 259 g/mol. The second kappa shape index (κ2) is 5.32. The quantitative estimate of drug-likeness (QED) is 0.826. The molecule has 0 amide bonds. The maximum Gasteiger partial charge on any atom is 0.231 e. The number of nitrogens with zero attached hydrogens (tertiary/aromatic N) is 2. The standard InChI is InChI=1S/C14H17N3O2/c1-17-8-7-16-13(17)5-6-15-9-11-3-2-4-12-14(11)19-10-18-12/h2-4,7-8,15H,5-6,9-10H2,1H3. The molecule has 0 spiro atoms. The van der Waals surface area contributed by atoms with Crippen LogP contribution in [0.4, 0.5) is 0 Å². The van der Waals surface area contributed by atoms with Gasteiger partial charge in [0.1, 0.15) is 5.82 Å². The lowest BCUT2D eigenvalue weighted by molar-refractivity contribution is 0.173. The smallest absolute Gasteiger partial charge is 0.231 e. The molecule has 19 heavy (non-hydrogen) atoms. The van der Waals surface area contributed by atoms with Crippen LogP contribution in [0.1, 0.15) is 11.4 Å². The molecule has 5 heteroatoms. The zero-order chi connectivity index (χ0) is 13.1. The molecule has 0 unspecified atom stereocenters. The van der Waals surface area contributed by atoms with E-state index < -0.39 is 0 Å². The van der Waals surface area contributed by atoms with Crippen LogP contribution in [-0.2, 0) is 20.0 Å². The van der Waals surface area contributed by atoms with E-state index in [0.717, 1.165) is 42.4 Å². The van der Waals surface area contributed by atoms with E-state index in [4.69, 9.17) is 9.47 Å². The molecule has 5 nitrogen and oxygen atoms in total. The largest absolute Gasteiger partial charge is 0.454 e. The van der Waals surface area contributed by atoms with Crippen molar-refractivity contribution in [2.75, 3.05) is 13.3 Å². The van der Waals surface area contributed by atoms with Gasteiger partial charge in [-0.3, -0.25) is 0 Å². The molecule has 1 aliphatic heterocycles. The molecule has 0 atom stereocenters. The minimum atomic E-state index is 0.319. The molecule has 1 N–H and O–H groups in total. The summed E-state index contributed by atoms with van der Waals surface area (Å²) in [4.78, 5) is 4.30. The van der Waals surface area contributed by atoms with Crippen LogP contribution in [0, 0.1) is 0 Å². The SMILES string of the molecule is Cn1ccnc1CCNCc1cccc2c1OCO2. The number of imidazole rings is 1. The van der Waals surface area contributed by atoms with Crippen molar-refractivity contribution >= 4 is 0 Å². The third kappa shape index (κ3) is 2.56. The summed E-state index contributed by atoms with van der Waals surface area (Å²) in [5.74, 6) is 2.79. The lowest BCUT2D eigenvalue weighted by atomic mass is 10.2. The van der Waals surface area contributed by atoms with E-state index in [1.165, 1.54) is 0 Å². The number of ether oxygens (including phenoxy) is 2. The second-order valence-electron chi connectivity index (χ2n) is 4.53. The topological polar surface area (TPSA) is 48.3 Å². The third-order valence-electron chi connectivity index (χ3n) is 3.24. The van der Waals surface area contributed by atoms with E-state index in [9.17, 15) is 0 Å². The van der Waals surface area contributed by atoms with Crippen molar-refractivity contribution in [3.63, 3.8) is 0 Å². The summed E-state index contributed by atoms with van der Waals surface area (Å²) in [7, 11) is 2.01. The second-order valence-corrected chi connectivity index (χ2v) is 4.53. The fourth-order valence-corrected chi connectivity index (χ4v) is 2.19. The highest BCUT2D eigenvalue weighted by Crippen LogP contribution is 2.35. The van der Waals surface area contributed by atoms with Gasteiger partial charge < -0.3 is 19.4 Å². The van der Waals surface area contributed by atoms with Crippen LogP contribution in [-0.4, -0.2) is 22.9 Å². The Morgan fingerprint density at radius 3 is 3.16 bits per heavy atom. The maximum atomic E-state index is 5.47. The highest BCUT2D eigenvalue weighted by molar-refractivity contribution is 5.48. The van der Waals surface area contributed by atoms with Gasteiger partial charge in [-0.05, 0) is 6.07 Å². The Labute approximate surface area is 112 Å². The van der Waals surface area contributed by atoms with Gasteiger partial charge in [0.05, 0.1) is 0 Å². The minimum Gasteiger partial charge on any atom is -0.454 e. The summed E-state index contributed by atoms with van der Waals surface area (Å²) in [5.41, 5.74) is 1.13. The Hall–Kier alpha value is -2.01. The molecule has 100 valence electrons. The minimum absolute atomic E-state index is 0.319. The summed E-state index contributed by atoms with van der Waals surface area (Å²) in [6.07, 6.45) is 4.70. The predicted octanol–water partition coefficient (Wildman–Crippen LogP) is 1.48. The predicted molar refractivity (Wildman–Crippen MR) is 71.2 cm³/mol. The van der Waals surface area contributed by atoms with Gasteiger partial charge in [-0.25, -0.2) is 4.98 Å². The number of hydrogen-bond donors (Lipinski definition) is 1. The van der Waals surface area contributed by atoms with Crippen LogP contribution in [0.5, 0.6) is 11.5 Å². The van der Waals surface area contributed by atoms with E-state index in [0.29, 0.717) is 6.79 Å². The van der Waals surface area contributed by atoms with E-state index in [2.05, 4.69) is 16.4 Å². The maximum absolute atomic E-state index is 5.47. The molecule has 0 radical (unpaired) electrons. The third-order valence-corrected chi connectivity index (χ3v) is 3.24. The van der Waals surface area contributed by atoms with Crippen molar-refractivity contribution < 1.29 is 9.47 Å². The van der Waals surface area contributed by atoms with Crippen LogP contribution in [0.15, 0.2) is 30.6 Å². The molecule has 1 aliphatic rings. The van der Waals surface area contributed by atoms with E-state index in [1.54, 1.807) is 0 Å². The van der Waals surface area contributed by atoms with Crippen molar-refractivity contribution in [3.8, 4) is 11.5 Å². The van der Waals surface area contributed by atoms with Crippen molar-refractivity contribution in [1.29, 1.82) is 0 Å². The number of rotatable bonds is 5. The normalized spacial score (nSPS) is 12.9. The van der Waals surface area contributed by atoms with Crippen LogP contribution in [0.3, 0.4) is 0 Å². The number of benzene rings is 1. The van der Waals surface area contributed by atoms with Gasteiger partial charge in [-0.15, -0.1) is 0 Å². The molecule has 0 aliphatic carbocycles. The summed E-state index contributed by atoms with van der Waals surface area (Å²) in [6, 6.07) is 5.98. The first-order valence-electron chi connectivity index (χ1n) is 6.39. The number of aryl methyl sites for hydroxylation is 1. The van der Waals surface area contributed by atoms with Crippen molar-refractivity contribution in [1.82, 2.24) is 14.9 Å². The van der Waals surface area contributed by atoms with Gasteiger partial charge in [0.2, 0.25) is 6.79 Å². The molecule has 2 aromatic rings. The fraction of sp³-hybridized carbons (Fsp3) is 0.357. The molecule has 0 fully saturated rings. The Kier molecular flexibility index (Phi) is 3.37. The Morgan fingerprint density at radius 1 is 1.37 bits per heavy atom. The molecule has 3 rings (SSSR count). The molecule has 2 heterocycles. The Morgan fingerprint density at radius 2 is 2.32 bits per heavy atom. The summed E-state index contributed by atoms with van der Waals surface area (Å²) in [6.45, 7) is 1.98. The van der Waals surface area contributed by atoms with Gasteiger partial charge in [0, 0.05) is 44.5 Å². The van der Waals surface area contributed by atoms with Crippen LogP contribution < -0.4 is 14.8 Å². The molecule has 0 saturated carbocycles. The summed E-state index contributed by atoms with van der Waals surface area (Å²) < 4.78 is 12.9. The zero-order valence-electron chi connectivity index (χ0n) is 10.9. The first-order valence-corrected chi connectivity index (χ1v) is 6.39. The fourth-order valence-electron chi connectivity index (χ4n) is 2.19. The van der Waals surface area contributed by atoms with Gasteiger partial charge in [-0.2, -0.15) is 0 Å². The highest BCUT2D eigenvalue weighted by Gasteiger charge is 2.16. The zero-order valence-corrected chi connectivity index (χ0v) is 10.9. The van der Waals surface area contributed by atoms with E-state index >= 15 is 0 Å². The Bertz CT molecular complexity index is 566. The molecule has 1 aromatic carbocycles. The van der Waals surface area contributed by atoms with Crippen LogP contribution in [0.2, 0.25) is 0 Å². The summed E-state index contributed by atoms with van der Waals surface area (Å²) >= 11 is 0. The van der Waals surface area contributed by atoms with E-state index in [-0.39, 0.29) is 0 Å². The van der Waals surface area contributed by atoms with E-state index in [1.807, 2.05) is 36.1 Å². The number of nitrogens with one attached hydrogen (secondary N) is 1. The molecule has 1 aromatic heterocycles. The van der Waals surface area contributed by atoms with Crippen LogP contribution in [0.25, 0.3) is 0 Å². The van der Waals surface area contributed by atoms with Crippen molar-refractivity contribution in [2.45, 2.75) is 13.0 Å². The first kappa shape index (κ1) is 12.0. The van der Waals surface area contributed by atoms with Crippen molar-refractivity contribution in [2.24, 2.45) is 7.05 Å². The van der Waals surface area contributed by atoms with Gasteiger partial charge in [0.25, 0.3) is 0 Å². The average Bonchev–Trinajstić information content (AvgIpc) is 3.04. The van der Waals surface area contributed by atoms with Gasteiger partial charge >= 0.3 is 0 Å². The molecule has 0 bridgehead atoms. The number of hydrogen-bond acceptors (Lipinski definition) is 4. The molecular weight excluding hydrogens is 242 g/mol. The number of fused-ring (bicyclic) bond motifs is 1.